The van der Waals surface area contributed by atoms with Crippen molar-refractivity contribution in [1.29, 1.82) is 0 Å². The van der Waals surface area contributed by atoms with E-state index in [1.54, 1.807) is 0 Å². The highest BCUT2D eigenvalue weighted by Crippen LogP contribution is 2.45. The molecule has 0 aromatic carbocycles. The topological polar surface area (TPSA) is 237 Å². The number of phosphoric ester groups is 2. The van der Waals surface area contributed by atoms with Crippen molar-refractivity contribution in [2.45, 2.75) is 388 Å². The molecular formula is C73H142O17P2. The smallest absolute Gasteiger partial charge is 0.462 e. The number of rotatable bonds is 71. The highest BCUT2D eigenvalue weighted by atomic mass is 31.2. The fraction of sp³-hybridized carbons (Fsp3) is 0.945. The van der Waals surface area contributed by atoms with Gasteiger partial charge >= 0.3 is 39.5 Å². The summed E-state index contributed by atoms with van der Waals surface area (Å²) in [5.74, 6) is 0.147. The quantitative estimate of drug-likeness (QED) is 0.0222. The number of aliphatic hydroxyl groups is 1. The molecule has 2 unspecified atom stereocenters. The molecule has 3 N–H and O–H groups in total. The van der Waals surface area contributed by atoms with E-state index in [0.29, 0.717) is 31.6 Å². The molecule has 17 nitrogen and oxygen atoms in total. The standard InChI is InChI=1S/C73H142O17P2/c1-8-9-10-11-12-33-40-47-54-70(75)83-60-69(90-73(78)57-50-43-36-29-32-39-46-53-66(6)7)63-88-92(81,82)86-59-67(74)58-85-91(79,80)87-62-68(61-84-71(76)55-48-41-34-27-24-23-26-31-38-45-52-65(4)5)89-72(77)56-49-42-35-28-22-20-18-16-14-13-15-17-19-21-25-30-37-44-51-64(2)3/h64-69,74H,8-63H2,1-7H3,(H,79,80)(H,81,82)/t67-,68-,69-/m1/s1. The molecule has 92 heavy (non-hydrogen) atoms. The van der Waals surface area contributed by atoms with Gasteiger partial charge in [0, 0.05) is 25.7 Å². The van der Waals surface area contributed by atoms with E-state index in [2.05, 4.69) is 48.5 Å². The van der Waals surface area contributed by atoms with Gasteiger partial charge in [-0.1, -0.05) is 318 Å². The Morgan fingerprint density at radius 1 is 0.293 bits per heavy atom. The lowest BCUT2D eigenvalue weighted by molar-refractivity contribution is -0.161. The van der Waals surface area contributed by atoms with Gasteiger partial charge in [0.05, 0.1) is 26.4 Å². The number of carbonyl (C=O) groups is 4. The average Bonchev–Trinajstić information content (AvgIpc) is 1.83. The van der Waals surface area contributed by atoms with E-state index in [1.807, 2.05) is 0 Å². The van der Waals surface area contributed by atoms with Crippen molar-refractivity contribution in [3.63, 3.8) is 0 Å². The van der Waals surface area contributed by atoms with Crippen molar-refractivity contribution >= 4 is 39.5 Å². The van der Waals surface area contributed by atoms with Crippen LogP contribution in [-0.2, 0) is 65.4 Å². The minimum atomic E-state index is -4.95. The van der Waals surface area contributed by atoms with E-state index in [1.165, 1.54) is 173 Å². The maximum absolute atomic E-state index is 13.1. The van der Waals surface area contributed by atoms with Crippen LogP contribution in [0.1, 0.15) is 370 Å². The third kappa shape index (κ3) is 66.7. The van der Waals surface area contributed by atoms with Crippen molar-refractivity contribution in [1.82, 2.24) is 0 Å². The highest BCUT2D eigenvalue weighted by Gasteiger charge is 2.30. The maximum atomic E-state index is 13.1. The Morgan fingerprint density at radius 3 is 0.739 bits per heavy atom. The molecule has 0 spiro atoms. The number of unbranched alkanes of at least 4 members (excludes halogenated alkanes) is 39. The monoisotopic (exact) mass is 1350 g/mol. The number of aliphatic hydroxyl groups excluding tert-OH is 1. The molecule has 0 aromatic rings. The predicted molar refractivity (Wildman–Crippen MR) is 372 cm³/mol. The van der Waals surface area contributed by atoms with Crippen LogP contribution < -0.4 is 0 Å². The van der Waals surface area contributed by atoms with E-state index < -0.39 is 97.5 Å². The van der Waals surface area contributed by atoms with Gasteiger partial charge in [-0.2, -0.15) is 0 Å². The average molecular weight is 1350 g/mol. The van der Waals surface area contributed by atoms with Crippen molar-refractivity contribution in [2.75, 3.05) is 39.6 Å². The van der Waals surface area contributed by atoms with Gasteiger partial charge in [-0.05, 0) is 43.4 Å². The van der Waals surface area contributed by atoms with Gasteiger partial charge in [0.25, 0.3) is 0 Å². The number of carbonyl (C=O) groups excluding carboxylic acids is 4. The normalized spacial score (nSPS) is 14.1. The first-order valence-corrected chi connectivity index (χ1v) is 40.8. The zero-order valence-corrected chi connectivity index (χ0v) is 61.8. The molecule has 0 aliphatic heterocycles. The van der Waals surface area contributed by atoms with Crippen LogP contribution in [-0.4, -0.2) is 96.7 Å². The summed E-state index contributed by atoms with van der Waals surface area (Å²) in [4.78, 5) is 72.5. The van der Waals surface area contributed by atoms with Crippen LogP contribution in [0.2, 0.25) is 0 Å². The van der Waals surface area contributed by atoms with Gasteiger partial charge in [-0.15, -0.1) is 0 Å². The molecule has 0 aliphatic carbocycles. The number of phosphoric acid groups is 2. The van der Waals surface area contributed by atoms with Crippen LogP contribution in [0.4, 0.5) is 0 Å². The molecule has 0 aromatic heterocycles. The lowest BCUT2D eigenvalue weighted by Crippen LogP contribution is -2.30. The molecule has 0 saturated heterocycles. The van der Waals surface area contributed by atoms with Gasteiger partial charge < -0.3 is 33.8 Å². The van der Waals surface area contributed by atoms with Crippen LogP contribution in [0, 0.1) is 17.8 Å². The summed E-state index contributed by atoms with van der Waals surface area (Å²) in [6.07, 6.45) is 48.9. The second kappa shape index (κ2) is 63.8. The Kier molecular flexibility index (Phi) is 62.4. The molecule has 0 aliphatic rings. The summed E-state index contributed by atoms with van der Waals surface area (Å²) >= 11 is 0. The van der Waals surface area contributed by atoms with Crippen LogP contribution in [0.25, 0.3) is 0 Å². The van der Waals surface area contributed by atoms with E-state index >= 15 is 0 Å². The van der Waals surface area contributed by atoms with Crippen molar-refractivity contribution in [3.05, 3.63) is 0 Å². The van der Waals surface area contributed by atoms with Crippen molar-refractivity contribution < 1.29 is 80.2 Å². The first-order chi connectivity index (χ1) is 44.2. The highest BCUT2D eigenvalue weighted by molar-refractivity contribution is 7.47. The van der Waals surface area contributed by atoms with Crippen LogP contribution in [0.5, 0.6) is 0 Å². The molecule has 0 radical (unpaired) electrons. The van der Waals surface area contributed by atoms with Gasteiger partial charge in [0.1, 0.15) is 19.3 Å². The first kappa shape index (κ1) is 90.1. The molecule has 0 saturated carbocycles. The van der Waals surface area contributed by atoms with Gasteiger partial charge in [-0.25, -0.2) is 9.13 Å². The Morgan fingerprint density at radius 2 is 0.500 bits per heavy atom. The second-order valence-electron chi connectivity index (χ2n) is 27.8. The number of ether oxygens (including phenoxy) is 4. The Balaban J connectivity index is 5.16. The SMILES string of the molecule is CCCCCCCCCCC(=O)OC[C@H](COP(=O)(O)OC[C@H](O)COP(=O)(O)OC[C@@H](COC(=O)CCCCCCCCCCCCC(C)C)OC(=O)CCCCCCCCCCCCCCCCCCCCC(C)C)OC(=O)CCCCCCCCCC(C)C. The fourth-order valence-electron chi connectivity index (χ4n) is 11.1. The molecule has 0 rings (SSSR count). The van der Waals surface area contributed by atoms with Crippen molar-refractivity contribution in [2.24, 2.45) is 17.8 Å². The molecular weight excluding hydrogens is 1210 g/mol. The summed E-state index contributed by atoms with van der Waals surface area (Å²) in [5.41, 5.74) is 0. The Hall–Kier alpha value is -1.94. The summed E-state index contributed by atoms with van der Waals surface area (Å²) < 4.78 is 68.3. The fourth-order valence-corrected chi connectivity index (χ4v) is 12.7. The second-order valence-corrected chi connectivity index (χ2v) is 30.7. The molecule has 0 fully saturated rings. The van der Waals surface area contributed by atoms with E-state index in [0.717, 1.165) is 108 Å². The molecule has 19 heteroatoms. The lowest BCUT2D eigenvalue weighted by Gasteiger charge is -2.21. The number of hydrogen-bond donors (Lipinski definition) is 3. The molecule has 0 heterocycles. The Labute approximate surface area is 562 Å². The minimum Gasteiger partial charge on any atom is -0.462 e. The van der Waals surface area contributed by atoms with E-state index in [9.17, 15) is 43.2 Å². The van der Waals surface area contributed by atoms with Gasteiger partial charge in [0.15, 0.2) is 12.2 Å². The maximum Gasteiger partial charge on any atom is 0.472 e. The van der Waals surface area contributed by atoms with E-state index in [4.69, 9.17) is 37.0 Å². The van der Waals surface area contributed by atoms with Crippen LogP contribution >= 0.6 is 15.6 Å². The minimum absolute atomic E-state index is 0.103. The third-order valence-electron chi connectivity index (χ3n) is 16.9. The molecule has 0 amide bonds. The van der Waals surface area contributed by atoms with Crippen molar-refractivity contribution in [3.8, 4) is 0 Å². The zero-order chi connectivity index (χ0) is 68.0. The van der Waals surface area contributed by atoms with E-state index in [-0.39, 0.29) is 25.7 Å². The molecule has 0 bridgehead atoms. The van der Waals surface area contributed by atoms with Gasteiger partial charge in [0.2, 0.25) is 0 Å². The molecule has 5 atom stereocenters. The lowest BCUT2D eigenvalue weighted by atomic mass is 10.0. The van der Waals surface area contributed by atoms with Crippen LogP contribution in [0.3, 0.4) is 0 Å². The number of esters is 4. The summed E-state index contributed by atoms with van der Waals surface area (Å²) in [5, 5.41) is 10.6. The zero-order valence-electron chi connectivity index (χ0n) is 60.0. The largest absolute Gasteiger partial charge is 0.472 e. The first-order valence-electron chi connectivity index (χ1n) is 37.8. The number of hydrogen-bond acceptors (Lipinski definition) is 15. The van der Waals surface area contributed by atoms with Crippen LogP contribution in [0.15, 0.2) is 0 Å². The Bertz CT molecular complexity index is 1800. The summed E-state index contributed by atoms with van der Waals surface area (Å²) in [6.45, 7) is 11.8. The third-order valence-corrected chi connectivity index (χ3v) is 18.8. The van der Waals surface area contributed by atoms with Gasteiger partial charge in [-0.3, -0.25) is 37.3 Å². The predicted octanol–water partition coefficient (Wildman–Crippen LogP) is 21.0. The summed E-state index contributed by atoms with van der Waals surface area (Å²) in [7, 11) is -9.90. The molecule has 546 valence electrons. The summed E-state index contributed by atoms with van der Waals surface area (Å²) in [6, 6.07) is 0.